The van der Waals surface area contributed by atoms with E-state index in [0.717, 1.165) is 4.88 Å². The summed E-state index contributed by atoms with van der Waals surface area (Å²) in [5, 5.41) is 5.77. The van der Waals surface area contributed by atoms with Crippen LogP contribution in [0.5, 0.6) is 0 Å². The number of rotatable bonds is 6. The molecule has 18 heavy (non-hydrogen) atoms. The third-order valence-electron chi connectivity index (χ3n) is 2.25. The summed E-state index contributed by atoms with van der Waals surface area (Å²) in [5.41, 5.74) is 0. The van der Waals surface area contributed by atoms with Crippen molar-refractivity contribution in [3.63, 3.8) is 0 Å². The van der Waals surface area contributed by atoms with Gasteiger partial charge in [-0.3, -0.25) is 0 Å². The number of hydrogen-bond acceptors (Lipinski definition) is 6. The predicted octanol–water partition coefficient (Wildman–Crippen LogP) is 1.28. The van der Waals surface area contributed by atoms with Crippen molar-refractivity contribution in [2.45, 2.75) is 13.3 Å². The van der Waals surface area contributed by atoms with Gasteiger partial charge in [0.1, 0.15) is 0 Å². The van der Waals surface area contributed by atoms with Gasteiger partial charge >= 0.3 is 0 Å². The maximum absolute atomic E-state index is 11.2. The first-order chi connectivity index (χ1) is 8.61. The molecule has 1 N–H and O–H groups in total. The van der Waals surface area contributed by atoms with E-state index >= 15 is 0 Å². The number of nitrogens with zero attached hydrogens (tertiary/aromatic N) is 2. The smallest absolute Gasteiger partial charge is 0.228 e. The largest absolute Gasteiger partial charge is 0.339 e. The monoisotopic (exact) mass is 287 g/mol. The molecule has 2 heterocycles. The molecule has 0 aliphatic rings. The van der Waals surface area contributed by atoms with Gasteiger partial charge in [-0.05, 0) is 18.4 Å². The van der Waals surface area contributed by atoms with E-state index in [4.69, 9.17) is 4.52 Å². The van der Waals surface area contributed by atoms with Crippen LogP contribution in [-0.4, -0.2) is 30.9 Å². The topological polar surface area (TPSA) is 85.1 Å². The molecule has 6 nitrogen and oxygen atoms in total. The van der Waals surface area contributed by atoms with E-state index in [1.54, 1.807) is 6.92 Å². The van der Waals surface area contributed by atoms with Crippen molar-refractivity contribution in [3.8, 4) is 10.7 Å². The van der Waals surface area contributed by atoms with Crippen LogP contribution in [0.25, 0.3) is 10.7 Å². The van der Waals surface area contributed by atoms with Crippen LogP contribution in [0.2, 0.25) is 0 Å². The molecule has 0 amide bonds. The Morgan fingerprint density at radius 3 is 3.00 bits per heavy atom. The number of sulfonamides is 1. The minimum Gasteiger partial charge on any atom is -0.339 e. The summed E-state index contributed by atoms with van der Waals surface area (Å²) >= 11 is 1.52. The summed E-state index contributed by atoms with van der Waals surface area (Å²) in [6.45, 7) is 1.85. The summed E-state index contributed by atoms with van der Waals surface area (Å²) in [4.78, 5) is 5.13. The molecule has 98 valence electrons. The second-order valence-corrected chi connectivity index (χ2v) is 6.58. The average Bonchev–Trinajstić information content (AvgIpc) is 2.98. The van der Waals surface area contributed by atoms with Crippen molar-refractivity contribution < 1.29 is 12.9 Å². The normalized spacial score (nSPS) is 11.8. The molecular weight excluding hydrogens is 274 g/mol. The van der Waals surface area contributed by atoms with Gasteiger partial charge in [0, 0.05) is 13.0 Å². The molecule has 2 rings (SSSR count). The summed E-state index contributed by atoms with van der Waals surface area (Å²) in [6.07, 6.45) is 0.387. The van der Waals surface area contributed by atoms with E-state index in [1.165, 1.54) is 11.3 Å². The molecule has 0 unspecified atom stereocenters. The summed E-state index contributed by atoms with van der Waals surface area (Å²) in [6, 6.07) is 3.81. The van der Waals surface area contributed by atoms with Gasteiger partial charge in [-0.1, -0.05) is 11.2 Å². The van der Waals surface area contributed by atoms with Gasteiger partial charge in [0.2, 0.25) is 21.7 Å². The third kappa shape index (κ3) is 3.37. The highest BCUT2D eigenvalue weighted by Gasteiger charge is 2.10. The van der Waals surface area contributed by atoms with Crippen molar-refractivity contribution in [2.24, 2.45) is 0 Å². The standard InChI is InChI=1S/C10H13N3O3S2/c1-2-18(14,15)11-6-5-9-12-10(13-16-9)8-4-3-7-17-8/h3-4,7,11H,2,5-6H2,1H3. The molecular formula is C10H13N3O3S2. The molecule has 0 aromatic carbocycles. The first-order valence-electron chi connectivity index (χ1n) is 5.44. The van der Waals surface area contributed by atoms with E-state index in [2.05, 4.69) is 14.9 Å². The van der Waals surface area contributed by atoms with Crippen molar-refractivity contribution >= 4 is 21.4 Å². The van der Waals surface area contributed by atoms with E-state index in [-0.39, 0.29) is 12.3 Å². The van der Waals surface area contributed by atoms with Gasteiger partial charge < -0.3 is 4.52 Å². The minimum atomic E-state index is -3.16. The van der Waals surface area contributed by atoms with Crippen LogP contribution < -0.4 is 4.72 Å². The van der Waals surface area contributed by atoms with Gasteiger partial charge in [-0.15, -0.1) is 11.3 Å². The van der Waals surface area contributed by atoms with Gasteiger partial charge in [0.25, 0.3) is 0 Å². The molecule has 0 saturated carbocycles. The van der Waals surface area contributed by atoms with E-state index in [9.17, 15) is 8.42 Å². The molecule has 0 radical (unpaired) electrons. The molecule has 2 aromatic heterocycles. The zero-order chi connectivity index (χ0) is 13.0. The minimum absolute atomic E-state index is 0.0667. The van der Waals surface area contributed by atoms with E-state index in [0.29, 0.717) is 18.1 Å². The van der Waals surface area contributed by atoms with Crippen molar-refractivity contribution in [1.29, 1.82) is 0 Å². The molecule has 0 spiro atoms. The average molecular weight is 287 g/mol. The Labute approximate surface area is 109 Å². The second-order valence-electron chi connectivity index (χ2n) is 3.54. The predicted molar refractivity (Wildman–Crippen MR) is 68.8 cm³/mol. The molecule has 0 aliphatic heterocycles. The second kappa shape index (κ2) is 5.59. The highest BCUT2D eigenvalue weighted by atomic mass is 32.2. The Morgan fingerprint density at radius 2 is 2.33 bits per heavy atom. The quantitative estimate of drug-likeness (QED) is 0.865. The van der Waals surface area contributed by atoms with Crippen LogP contribution >= 0.6 is 11.3 Å². The van der Waals surface area contributed by atoms with Crippen LogP contribution in [0.1, 0.15) is 12.8 Å². The molecule has 0 fully saturated rings. The maximum atomic E-state index is 11.2. The molecule has 8 heteroatoms. The Hall–Kier alpha value is -1.25. The first kappa shape index (κ1) is 13.2. The summed E-state index contributed by atoms with van der Waals surface area (Å²) in [5.74, 6) is 1.03. The van der Waals surface area contributed by atoms with Crippen LogP contribution in [-0.2, 0) is 16.4 Å². The number of thiophene rings is 1. The third-order valence-corrected chi connectivity index (χ3v) is 4.52. The SMILES string of the molecule is CCS(=O)(=O)NCCc1nc(-c2cccs2)no1. The van der Waals surface area contributed by atoms with Gasteiger partial charge in [-0.2, -0.15) is 4.98 Å². The number of hydrogen-bond donors (Lipinski definition) is 1. The van der Waals surface area contributed by atoms with E-state index in [1.807, 2.05) is 17.5 Å². The fourth-order valence-electron chi connectivity index (χ4n) is 1.28. The Kier molecular flexibility index (Phi) is 4.10. The summed E-state index contributed by atoms with van der Waals surface area (Å²) in [7, 11) is -3.16. The van der Waals surface area contributed by atoms with Crippen LogP contribution in [0, 0.1) is 0 Å². The zero-order valence-electron chi connectivity index (χ0n) is 9.79. The van der Waals surface area contributed by atoms with Gasteiger partial charge in [0.15, 0.2) is 0 Å². The fourth-order valence-corrected chi connectivity index (χ4v) is 2.54. The van der Waals surface area contributed by atoms with Crippen LogP contribution in [0.4, 0.5) is 0 Å². The number of nitrogens with one attached hydrogen (secondary N) is 1. The lowest BCUT2D eigenvalue weighted by Crippen LogP contribution is -2.27. The van der Waals surface area contributed by atoms with Crippen molar-refractivity contribution in [3.05, 3.63) is 23.4 Å². The lowest BCUT2D eigenvalue weighted by atomic mass is 10.4. The van der Waals surface area contributed by atoms with Crippen LogP contribution in [0.3, 0.4) is 0 Å². The lowest BCUT2D eigenvalue weighted by Gasteiger charge is -2.00. The molecule has 0 aliphatic carbocycles. The lowest BCUT2D eigenvalue weighted by molar-refractivity contribution is 0.379. The zero-order valence-corrected chi connectivity index (χ0v) is 11.4. The van der Waals surface area contributed by atoms with Gasteiger partial charge in [0.05, 0.1) is 10.6 Å². The van der Waals surface area contributed by atoms with Crippen molar-refractivity contribution in [2.75, 3.05) is 12.3 Å². The Bertz CT molecular complexity index is 590. The Balaban J connectivity index is 1.92. The molecule has 0 bridgehead atoms. The summed E-state index contributed by atoms with van der Waals surface area (Å²) < 4.78 is 29.9. The van der Waals surface area contributed by atoms with E-state index < -0.39 is 10.0 Å². The number of aromatic nitrogens is 2. The highest BCUT2D eigenvalue weighted by molar-refractivity contribution is 7.89. The molecule has 2 aromatic rings. The van der Waals surface area contributed by atoms with Crippen LogP contribution in [0.15, 0.2) is 22.0 Å². The molecule has 0 saturated heterocycles. The van der Waals surface area contributed by atoms with Gasteiger partial charge in [-0.25, -0.2) is 13.1 Å². The molecule has 0 atom stereocenters. The maximum Gasteiger partial charge on any atom is 0.228 e. The fraction of sp³-hybridized carbons (Fsp3) is 0.400. The highest BCUT2D eigenvalue weighted by Crippen LogP contribution is 2.21. The first-order valence-corrected chi connectivity index (χ1v) is 7.97. The van der Waals surface area contributed by atoms with Crippen molar-refractivity contribution in [1.82, 2.24) is 14.9 Å². The Morgan fingerprint density at radius 1 is 1.50 bits per heavy atom.